The van der Waals surface area contributed by atoms with Gasteiger partial charge in [-0.1, -0.05) is 66.7 Å². The minimum absolute atomic E-state index is 0.164. The van der Waals surface area contributed by atoms with E-state index in [9.17, 15) is 4.79 Å². The fourth-order valence-electron chi connectivity index (χ4n) is 3.13. The summed E-state index contributed by atoms with van der Waals surface area (Å²) in [5.74, 6) is -0.195. The fourth-order valence-corrected chi connectivity index (χ4v) is 3.13. The molecule has 132 valence electrons. The highest BCUT2D eigenvalue weighted by molar-refractivity contribution is 6.13. The summed E-state index contributed by atoms with van der Waals surface area (Å²) in [5, 5.41) is 11.8. The van der Waals surface area contributed by atoms with Crippen LogP contribution in [-0.2, 0) is 4.79 Å². The zero-order valence-electron chi connectivity index (χ0n) is 14.7. The second-order valence-electron chi connectivity index (χ2n) is 6.25. The van der Waals surface area contributed by atoms with E-state index in [1.54, 1.807) is 6.21 Å². The molecule has 0 aliphatic heterocycles. The number of nitrogens with zero attached hydrogens (tertiary/aromatic N) is 1. The van der Waals surface area contributed by atoms with Crippen LogP contribution in [0.2, 0.25) is 0 Å². The number of hydrogen-bond donors (Lipinski definition) is 2. The van der Waals surface area contributed by atoms with Crippen LogP contribution in [0.1, 0.15) is 5.56 Å². The lowest BCUT2D eigenvalue weighted by molar-refractivity contribution is -0.119. The second kappa shape index (κ2) is 7.70. The molecule has 0 spiro atoms. The molecular weight excluding hydrogens is 334 g/mol. The molecule has 0 saturated heterocycles. The molecule has 1 amide bonds. The molecule has 0 radical (unpaired) electrons. The molecular formula is C23H19N3O. The van der Waals surface area contributed by atoms with Gasteiger partial charge < -0.3 is 5.32 Å². The van der Waals surface area contributed by atoms with Gasteiger partial charge in [0.1, 0.15) is 0 Å². The summed E-state index contributed by atoms with van der Waals surface area (Å²) in [7, 11) is 0. The molecule has 4 aromatic rings. The van der Waals surface area contributed by atoms with Crippen molar-refractivity contribution in [3.05, 3.63) is 90.5 Å². The van der Waals surface area contributed by atoms with Crippen LogP contribution in [0.3, 0.4) is 0 Å². The molecule has 0 heterocycles. The number of carbonyl (C=O) groups is 1. The van der Waals surface area contributed by atoms with E-state index in [-0.39, 0.29) is 12.5 Å². The molecule has 0 aromatic heterocycles. The highest BCUT2D eigenvalue weighted by atomic mass is 16.2. The number of hydrazone groups is 1. The van der Waals surface area contributed by atoms with Crippen LogP contribution in [0.5, 0.6) is 0 Å². The summed E-state index contributed by atoms with van der Waals surface area (Å²) in [6.45, 7) is 0.164. The minimum atomic E-state index is -0.195. The van der Waals surface area contributed by atoms with Crippen LogP contribution in [0.4, 0.5) is 5.69 Å². The number of benzene rings is 4. The third-order valence-electron chi connectivity index (χ3n) is 4.42. The molecule has 0 aliphatic carbocycles. The maximum absolute atomic E-state index is 12.0. The van der Waals surface area contributed by atoms with Crippen LogP contribution in [0.25, 0.3) is 21.5 Å². The molecule has 2 N–H and O–H groups in total. The molecule has 4 aromatic carbocycles. The van der Waals surface area contributed by atoms with Crippen molar-refractivity contribution in [3.63, 3.8) is 0 Å². The Labute approximate surface area is 157 Å². The average Bonchev–Trinajstić information content (AvgIpc) is 2.72. The van der Waals surface area contributed by atoms with Gasteiger partial charge in [-0.25, -0.2) is 5.43 Å². The van der Waals surface area contributed by atoms with E-state index in [1.807, 2.05) is 54.6 Å². The number of fused-ring (bicyclic) bond motifs is 2. The zero-order chi connectivity index (χ0) is 18.5. The lowest BCUT2D eigenvalue weighted by atomic mass is 9.97. The number of amides is 1. The number of rotatable bonds is 5. The highest BCUT2D eigenvalue weighted by Crippen LogP contribution is 2.27. The molecule has 4 heteroatoms. The average molecular weight is 353 g/mol. The summed E-state index contributed by atoms with van der Waals surface area (Å²) in [6.07, 6.45) is 1.73. The predicted molar refractivity (Wildman–Crippen MR) is 112 cm³/mol. The van der Waals surface area contributed by atoms with Gasteiger partial charge in [-0.05, 0) is 39.7 Å². The Balaban J connectivity index is 1.54. The minimum Gasteiger partial charge on any atom is -0.376 e. The van der Waals surface area contributed by atoms with Crippen molar-refractivity contribution in [2.45, 2.75) is 0 Å². The number of anilines is 1. The second-order valence-corrected chi connectivity index (χ2v) is 6.25. The largest absolute Gasteiger partial charge is 0.376 e. The lowest BCUT2D eigenvalue weighted by Crippen LogP contribution is -2.25. The van der Waals surface area contributed by atoms with Gasteiger partial charge in [-0.2, -0.15) is 5.10 Å². The van der Waals surface area contributed by atoms with Gasteiger partial charge in [0.15, 0.2) is 0 Å². The molecule has 0 aliphatic rings. The van der Waals surface area contributed by atoms with Crippen LogP contribution in [0, 0.1) is 0 Å². The number of nitrogens with one attached hydrogen (secondary N) is 2. The van der Waals surface area contributed by atoms with Crippen molar-refractivity contribution in [2.24, 2.45) is 5.10 Å². The Hall–Kier alpha value is -3.66. The SMILES string of the molecule is O=C(CNc1ccccc1)N/N=C\c1c2ccccc2cc2ccccc12. The van der Waals surface area contributed by atoms with Crippen molar-refractivity contribution in [3.8, 4) is 0 Å². The fraction of sp³-hybridized carbons (Fsp3) is 0.0435. The van der Waals surface area contributed by atoms with Crippen molar-refractivity contribution < 1.29 is 4.79 Å². The molecule has 0 unspecified atom stereocenters. The molecule has 27 heavy (non-hydrogen) atoms. The molecule has 4 rings (SSSR count). The first-order valence-electron chi connectivity index (χ1n) is 8.82. The first-order chi connectivity index (χ1) is 13.3. The van der Waals surface area contributed by atoms with Gasteiger partial charge in [0.2, 0.25) is 0 Å². The van der Waals surface area contributed by atoms with E-state index in [1.165, 1.54) is 0 Å². The van der Waals surface area contributed by atoms with E-state index < -0.39 is 0 Å². The number of carbonyl (C=O) groups excluding carboxylic acids is 1. The summed E-state index contributed by atoms with van der Waals surface area (Å²) in [4.78, 5) is 12.0. The van der Waals surface area contributed by atoms with Crippen LogP contribution >= 0.6 is 0 Å². The molecule has 0 fully saturated rings. The lowest BCUT2D eigenvalue weighted by Gasteiger charge is -2.08. The van der Waals surface area contributed by atoms with E-state index in [2.05, 4.69) is 46.2 Å². The smallest absolute Gasteiger partial charge is 0.259 e. The van der Waals surface area contributed by atoms with E-state index in [0.717, 1.165) is 32.8 Å². The normalized spacial score (nSPS) is 11.1. The van der Waals surface area contributed by atoms with Crippen molar-refractivity contribution in [1.82, 2.24) is 5.43 Å². The van der Waals surface area contributed by atoms with Gasteiger partial charge in [0.05, 0.1) is 12.8 Å². The Kier molecular flexibility index (Phi) is 4.79. The summed E-state index contributed by atoms with van der Waals surface area (Å²) in [5.41, 5.74) is 4.50. The van der Waals surface area contributed by atoms with Gasteiger partial charge >= 0.3 is 0 Å². The maximum atomic E-state index is 12.0. The summed E-state index contributed by atoms with van der Waals surface area (Å²) >= 11 is 0. The Bertz CT molecular complexity index is 1070. The van der Waals surface area contributed by atoms with Crippen molar-refractivity contribution >= 4 is 39.4 Å². The van der Waals surface area contributed by atoms with Crippen molar-refractivity contribution in [1.29, 1.82) is 0 Å². The van der Waals surface area contributed by atoms with Crippen LogP contribution < -0.4 is 10.7 Å². The third kappa shape index (κ3) is 3.80. The van der Waals surface area contributed by atoms with Gasteiger partial charge in [-0.3, -0.25) is 4.79 Å². The number of hydrogen-bond acceptors (Lipinski definition) is 3. The summed E-state index contributed by atoms with van der Waals surface area (Å²) < 4.78 is 0. The van der Waals surface area contributed by atoms with E-state index in [0.29, 0.717) is 0 Å². The number of para-hydroxylation sites is 1. The van der Waals surface area contributed by atoms with E-state index >= 15 is 0 Å². The Morgan fingerprint density at radius 3 is 2.07 bits per heavy atom. The monoisotopic (exact) mass is 353 g/mol. The summed E-state index contributed by atoms with van der Waals surface area (Å²) in [6, 6.07) is 28.2. The van der Waals surface area contributed by atoms with Gasteiger partial charge in [0.25, 0.3) is 5.91 Å². The predicted octanol–water partition coefficient (Wildman–Crippen LogP) is 4.56. The van der Waals surface area contributed by atoms with E-state index in [4.69, 9.17) is 0 Å². The first kappa shape index (κ1) is 16.8. The maximum Gasteiger partial charge on any atom is 0.259 e. The molecule has 0 bridgehead atoms. The topological polar surface area (TPSA) is 53.5 Å². The van der Waals surface area contributed by atoms with Gasteiger partial charge in [-0.15, -0.1) is 0 Å². The molecule has 0 saturated carbocycles. The molecule has 0 atom stereocenters. The van der Waals surface area contributed by atoms with Crippen LogP contribution in [-0.4, -0.2) is 18.7 Å². The van der Waals surface area contributed by atoms with Crippen LogP contribution in [0.15, 0.2) is 90.0 Å². The highest BCUT2D eigenvalue weighted by Gasteiger charge is 2.05. The van der Waals surface area contributed by atoms with Gasteiger partial charge in [0, 0.05) is 11.3 Å². The quantitative estimate of drug-likeness (QED) is 0.314. The first-order valence-corrected chi connectivity index (χ1v) is 8.82. The Morgan fingerprint density at radius 1 is 0.815 bits per heavy atom. The third-order valence-corrected chi connectivity index (χ3v) is 4.42. The standard InChI is InChI=1S/C23H19N3O/c27-23(16-24-19-10-2-1-3-11-19)26-25-15-22-20-12-6-4-8-17(20)14-18-9-5-7-13-21(18)22/h1-15,24H,16H2,(H,26,27)/b25-15-. The Morgan fingerprint density at radius 2 is 1.41 bits per heavy atom. The molecule has 4 nitrogen and oxygen atoms in total. The zero-order valence-corrected chi connectivity index (χ0v) is 14.7. The van der Waals surface area contributed by atoms with Crippen molar-refractivity contribution in [2.75, 3.05) is 11.9 Å².